The summed E-state index contributed by atoms with van der Waals surface area (Å²) in [6.07, 6.45) is 0.874. The maximum atomic E-state index is 11.2. The van der Waals surface area contributed by atoms with Crippen LogP contribution >= 0.6 is 0 Å². The first-order valence-electron chi connectivity index (χ1n) is 5.47. The van der Waals surface area contributed by atoms with Gasteiger partial charge in [-0.25, -0.2) is 0 Å². The minimum Gasteiger partial charge on any atom is -0.486 e. The minimum atomic E-state index is -0.0732. The van der Waals surface area contributed by atoms with Gasteiger partial charge in [0.1, 0.15) is 19.0 Å². The molecule has 1 rings (SSSR count). The Labute approximate surface area is 101 Å². The molecule has 0 amide bonds. The molecule has 0 spiro atoms. The topological polar surface area (TPSA) is 44.8 Å². The number of Topliss-reactive ketones (excluding diaryl/α,β-unsaturated/α-hetero) is 1. The van der Waals surface area contributed by atoms with Crippen molar-refractivity contribution in [1.82, 2.24) is 0 Å². The standard InChI is InChI=1S/C13H18O4/c1-15-8-7-11-3-5-13(6-4-11)17-10-12(14)9-16-2/h3-6H,7-10H2,1-2H3. The Kier molecular flexibility index (Phi) is 6.29. The van der Waals surface area contributed by atoms with Gasteiger partial charge in [0.05, 0.1) is 6.61 Å². The summed E-state index contributed by atoms with van der Waals surface area (Å²) in [6, 6.07) is 7.64. The highest BCUT2D eigenvalue weighted by atomic mass is 16.5. The Morgan fingerprint density at radius 3 is 2.35 bits per heavy atom. The van der Waals surface area contributed by atoms with Crippen LogP contribution in [0.25, 0.3) is 0 Å². The Hall–Kier alpha value is -1.39. The highest BCUT2D eigenvalue weighted by molar-refractivity contribution is 5.81. The Morgan fingerprint density at radius 1 is 1.06 bits per heavy atom. The quantitative estimate of drug-likeness (QED) is 0.688. The summed E-state index contributed by atoms with van der Waals surface area (Å²) in [5, 5.41) is 0. The van der Waals surface area contributed by atoms with Crippen molar-refractivity contribution in [2.45, 2.75) is 6.42 Å². The van der Waals surface area contributed by atoms with Gasteiger partial charge >= 0.3 is 0 Å². The van der Waals surface area contributed by atoms with Crippen molar-refractivity contribution in [3.05, 3.63) is 29.8 Å². The van der Waals surface area contributed by atoms with Crippen LogP contribution in [-0.2, 0) is 20.7 Å². The SMILES string of the molecule is COCCc1ccc(OCC(=O)COC)cc1. The van der Waals surface area contributed by atoms with Crippen molar-refractivity contribution < 1.29 is 19.0 Å². The van der Waals surface area contributed by atoms with E-state index in [0.29, 0.717) is 12.4 Å². The second-order valence-electron chi connectivity index (χ2n) is 3.65. The lowest BCUT2D eigenvalue weighted by Crippen LogP contribution is -2.16. The third-order valence-corrected chi connectivity index (χ3v) is 2.22. The molecule has 0 atom stereocenters. The van der Waals surface area contributed by atoms with E-state index in [4.69, 9.17) is 14.2 Å². The zero-order chi connectivity index (χ0) is 12.5. The predicted octanol–water partition coefficient (Wildman–Crippen LogP) is 1.47. The number of ketones is 1. The van der Waals surface area contributed by atoms with Crippen LogP contribution in [0.15, 0.2) is 24.3 Å². The second kappa shape index (κ2) is 7.81. The molecule has 1 aromatic rings. The molecule has 0 aliphatic carbocycles. The van der Waals surface area contributed by atoms with Gasteiger partial charge in [0, 0.05) is 14.2 Å². The average Bonchev–Trinajstić information content (AvgIpc) is 2.35. The van der Waals surface area contributed by atoms with Crippen molar-refractivity contribution >= 4 is 5.78 Å². The largest absolute Gasteiger partial charge is 0.486 e. The molecule has 4 nitrogen and oxygen atoms in total. The van der Waals surface area contributed by atoms with E-state index < -0.39 is 0 Å². The van der Waals surface area contributed by atoms with Gasteiger partial charge in [0.2, 0.25) is 0 Å². The molecule has 0 unspecified atom stereocenters. The van der Waals surface area contributed by atoms with E-state index >= 15 is 0 Å². The molecule has 0 N–H and O–H groups in total. The van der Waals surface area contributed by atoms with Gasteiger partial charge in [-0.2, -0.15) is 0 Å². The van der Waals surface area contributed by atoms with Crippen molar-refractivity contribution in [1.29, 1.82) is 0 Å². The van der Waals surface area contributed by atoms with E-state index in [9.17, 15) is 4.79 Å². The van der Waals surface area contributed by atoms with Crippen LogP contribution in [0.1, 0.15) is 5.56 Å². The number of carbonyl (C=O) groups excluding carboxylic acids is 1. The van der Waals surface area contributed by atoms with Crippen LogP contribution < -0.4 is 4.74 Å². The lowest BCUT2D eigenvalue weighted by Gasteiger charge is -2.06. The van der Waals surface area contributed by atoms with Crippen molar-refractivity contribution in [2.75, 3.05) is 34.0 Å². The van der Waals surface area contributed by atoms with Gasteiger partial charge in [-0.1, -0.05) is 12.1 Å². The summed E-state index contributed by atoms with van der Waals surface area (Å²) in [4.78, 5) is 11.2. The maximum Gasteiger partial charge on any atom is 0.195 e. The molecule has 94 valence electrons. The van der Waals surface area contributed by atoms with Crippen LogP contribution in [0.4, 0.5) is 0 Å². The second-order valence-corrected chi connectivity index (χ2v) is 3.65. The fourth-order valence-corrected chi connectivity index (χ4v) is 1.34. The lowest BCUT2D eigenvalue weighted by molar-refractivity contribution is -0.124. The van der Waals surface area contributed by atoms with Crippen LogP contribution in [0.3, 0.4) is 0 Å². The first-order chi connectivity index (χ1) is 8.26. The monoisotopic (exact) mass is 238 g/mol. The number of hydrogen-bond acceptors (Lipinski definition) is 4. The summed E-state index contributed by atoms with van der Waals surface area (Å²) in [7, 11) is 3.17. The average molecular weight is 238 g/mol. The van der Waals surface area contributed by atoms with Crippen LogP contribution in [0.2, 0.25) is 0 Å². The van der Waals surface area contributed by atoms with Gasteiger partial charge in [-0.15, -0.1) is 0 Å². The summed E-state index contributed by atoms with van der Waals surface area (Å²) in [6.45, 7) is 0.837. The number of rotatable bonds is 8. The van der Waals surface area contributed by atoms with E-state index in [1.165, 1.54) is 12.7 Å². The molecule has 0 heterocycles. The maximum absolute atomic E-state index is 11.2. The van der Waals surface area contributed by atoms with Gasteiger partial charge in [-0.3, -0.25) is 4.79 Å². The smallest absolute Gasteiger partial charge is 0.195 e. The number of carbonyl (C=O) groups is 1. The van der Waals surface area contributed by atoms with Crippen molar-refractivity contribution in [2.24, 2.45) is 0 Å². The molecule has 0 fully saturated rings. The van der Waals surface area contributed by atoms with Crippen LogP contribution in [0.5, 0.6) is 5.75 Å². The van der Waals surface area contributed by atoms with Gasteiger partial charge < -0.3 is 14.2 Å². The van der Waals surface area contributed by atoms with Gasteiger partial charge in [0.25, 0.3) is 0 Å². The number of hydrogen-bond donors (Lipinski definition) is 0. The summed E-state index contributed by atoms with van der Waals surface area (Å²) in [5.41, 5.74) is 1.18. The molecular formula is C13H18O4. The van der Waals surface area contributed by atoms with Gasteiger partial charge in [0.15, 0.2) is 5.78 Å². The highest BCUT2D eigenvalue weighted by Crippen LogP contribution is 2.12. The zero-order valence-corrected chi connectivity index (χ0v) is 10.3. The van der Waals surface area contributed by atoms with Crippen molar-refractivity contribution in [3.63, 3.8) is 0 Å². The predicted molar refractivity (Wildman–Crippen MR) is 64.4 cm³/mol. The van der Waals surface area contributed by atoms with Gasteiger partial charge in [-0.05, 0) is 24.1 Å². The van der Waals surface area contributed by atoms with Crippen LogP contribution in [0, 0.1) is 0 Å². The lowest BCUT2D eigenvalue weighted by atomic mass is 10.1. The highest BCUT2D eigenvalue weighted by Gasteiger charge is 2.02. The summed E-state index contributed by atoms with van der Waals surface area (Å²) < 4.78 is 15.0. The Morgan fingerprint density at radius 2 is 1.76 bits per heavy atom. The Balaban J connectivity index is 2.37. The fraction of sp³-hybridized carbons (Fsp3) is 0.462. The molecule has 0 radical (unpaired) electrons. The minimum absolute atomic E-state index is 0.0469. The van der Waals surface area contributed by atoms with E-state index in [-0.39, 0.29) is 19.0 Å². The third-order valence-electron chi connectivity index (χ3n) is 2.22. The van der Waals surface area contributed by atoms with Crippen molar-refractivity contribution in [3.8, 4) is 5.75 Å². The van der Waals surface area contributed by atoms with E-state index in [1.807, 2.05) is 24.3 Å². The molecule has 0 aliphatic rings. The molecule has 0 saturated heterocycles. The third kappa shape index (κ3) is 5.47. The fourth-order valence-electron chi connectivity index (χ4n) is 1.34. The summed E-state index contributed by atoms with van der Waals surface area (Å²) >= 11 is 0. The molecule has 1 aromatic carbocycles. The summed E-state index contributed by atoms with van der Waals surface area (Å²) in [5.74, 6) is 0.617. The number of benzene rings is 1. The Bertz CT molecular complexity index is 332. The molecule has 0 saturated carbocycles. The molecule has 0 aromatic heterocycles. The first-order valence-corrected chi connectivity index (χ1v) is 5.47. The molecule has 0 bridgehead atoms. The van der Waals surface area contributed by atoms with E-state index in [0.717, 1.165) is 6.42 Å². The number of methoxy groups -OCH3 is 2. The normalized spacial score (nSPS) is 10.2. The zero-order valence-electron chi connectivity index (χ0n) is 10.3. The number of ether oxygens (including phenoxy) is 3. The van der Waals surface area contributed by atoms with E-state index in [1.54, 1.807) is 7.11 Å². The van der Waals surface area contributed by atoms with E-state index in [2.05, 4.69) is 0 Å². The first kappa shape index (κ1) is 13.7. The van der Waals surface area contributed by atoms with Crippen LogP contribution in [-0.4, -0.2) is 39.8 Å². The molecule has 17 heavy (non-hydrogen) atoms. The molecule has 0 aliphatic heterocycles. The molecule has 4 heteroatoms. The molecular weight excluding hydrogens is 220 g/mol.